The third-order valence-electron chi connectivity index (χ3n) is 3.84. The van der Waals surface area contributed by atoms with E-state index in [1.165, 1.54) is 19.3 Å². The van der Waals surface area contributed by atoms with Crippen LogP contribution in [0, 0.1) is 0 Å². The standard InChI is InChI=1S/C18H28N6O/c1-4-5-6-9-14(2)22-18(19-3)21-13-11-16-23-17(25-24-16)15-10-7-8-12-20-15/h7-8,10,12,14H,4-6,9,11,13H2,1-3H3,(H2,19,21,22). The Balaban J connectivity index is 1.75. The summed E-state index contributed by atoms with van der Waals surface area (Å²) in [4.78, 5) is 12.8. The highest BCUT2D eigenvalue weighted by molar-refractivity contribution is 5.79. The fraction of sp³-hybridized carbons (Fsp3) is 0.556. The lowest BCUT2D eigenvalue weighted by Crippen LogP contribution is -2.42. The van der Waals surface area contributed by atoms with Gasteiger partial charge in [0.15, 0.2) is 11.8 Å². The number of nitrogens with zero attached hydrogens (tertiary/aromatic N) is 4. The molecule has 136 valence electrons. The van der Waals surface area contributed by atoms with E-state index in [4.69, 9.17) is 4.52 Å². The molecule has 1 unspecified atom stereocenters. The van der Waals surface area contributed by atoms with Crippen LogP contribution in [-0.2, 0) is 6.42 Å². The van der Waals surface area contributed by atoms with Crippen molar-refractivity contribution in [2.24, 2.45) is 4.99 Å². The molecule has 2 rings (SSSR count). The third kappa shape index (κ3) is 6.52. The zero-order chi connectivity index (χ0) is 17.9. The molecule has 0 spiro atoms. The maximum absolute atomic E-state index is 5.26. The van der Waals surface area contributed by atoms with Crippen LogP contribution < -0.4 is 10.6 Å². The van der Waals surface area contributed by atoms with Gasteiger partial charge in [-0.05, 0) is 25.5 Å². The summed E-state index contributed by atoms with van der Waals surface area (Å²) in [5, 5.41) is 10.7. The molecule has 0 bridgehead atoms. The van der Waals surface area contributed by atoms with Crippen molar-refractivity contribution in [2.75, 3.05) is 13.6 Å². The van der Waals surface area contributed by atoms with Crippen molar-refractivity contribution >= 4 is 5.96 Å². The Morgan fingerprint density at radius 2 is 2.20 bits per heavy atom. The van der Waals surface area contributed by atoms with Gasteiger partial charge in [-0.1, -0.05) is 37.4 Å². The molecule has 1 atom stereocenters. The van der Waals surface area contributed by atoms with Gasteiger partial charge in [0.2, 0.25) is 0 Å². The van der Waals surface area contributed by atoms with E-state index in [0.29, 0.717) is 36.4 Å². The van der Waals surface area contributed by atoms with E-state index in [1.807, 2.05) is 18.2 Å². The second-order valence-corrected chi connectivity index (χ2v) is 6.02. The predicted octanol–water partition coefficient (Wildman–Crippen LogP) is 2.81. The number of hydrogen-bond acceptors (Lipinski definition) is 5. The van der Waals surface area contributed by atoms with E-state index in [1.54, 1.807) is 13.2 Å². The lowest BCUT2D eigenvalue weighted by Gasteiger charge is -2.17. The van der Waals surface area contributed by atoms with Crippen LogP contribution in [0.2, 0.25) is 0 Å². The maximum Gasteiger partial charge on any atom is 0.276 e. The third-order valence-corrected chi connectivity index (χ3v) is 3.84. The molecule has 7 heteroatoms. The minimum Gasteiger partial charge on any atom is -0.356 e. The fourth-order valence-corrected chi connectivity index (χ4v) is 2.44. The van der Waals surface area contributed by atoms with Crippen molar-refractivity contribution in [3.63, 3.8) is 0 Å². The van der Waals surface area contributed by atoms with Crippen LogP contribution in [0.1, 0.15) is 45.4 Å². The number of pyridine rings is 1. The molecule has 25 heavy (non-hydrogen) atoms. The monoisotopic (exact) mass is 344 g/mol. The Morgan fingerprint density at radius 3 is 2.92 bits per heavy atom. The average molecular weight is 344 g/mol. The molecule has 2 heterocycles. The van der Waals surface area contributed by atoms with Crippen LogP contribution in [0.4, 0.5) is 0 Å². The van der Waals surface area contributed by atoms with Gasteiger partial charge in [-0.25, -0.2) is 0 Å². The van der Waals surface area contributed by atoms with Crippen molar-refractivity contribution in [1.29, 1.82) is 0 Å². The predicted molar refractivity (Wildman–Crippen MR) is 99.3 cm³/mol. The van der Waals surface area contributed by atoms with Gasteiger partial charge in [0.1, 0.15) is 5.69 Å². The zero-order valence-electron chi connectivity index (χ0n) is 15.3. The van der Waals surface area contributed by atoms with Gasteiger partial charge in [-0.2, -0.15) is 4.98 Å². The van der Waals surface area contributed by atoms with Crippen molar-refractivity contribution in [2.45, 2.75) is 52.0 Å². The summed E-state index contributed by atoms with van der Waals surface area (Å²) in [6.45, 7) is 5.08. The summed E-state index contributed by atoms with van der Waals surface area (Å²) in [5.41, 5.74) is 0.688. The number of unbranched alkanes of at least 4 members (excludes halogenated alkanes) is 2. The van der Waals surface area contributed by atoms with Crippen molar-refractivity contribution in [3.05, 3.63) is 30.2 Å². The quantitative estimate of drug-likeness (QED) is 0.413. The van der Waals surface area contributed by atoms with E-state index in [0.717, 1.165) is 12.4 Å². The first-order valence-corrected chi connectivity index (χ1v) is 8.94. The molecule has 0 amide bonds. The molecule has 0 saturated carbocycles. The normalized spacial score (nSPS) is 12.8. The molecule has 2 aromatic heterocycles. The Labute approximate surface area is 149 Å². The van der Waals surface area contributed by atoms with Crippen molar-refractivity contribution in [3.8, 4) is 11.6 Å². The van der Waals surface area contributed by atoms with Gasteiger partial charge >= 0.3 is 0 Å². The second-order valence-electron chi connectivity index (χ2n) is 6.02. The first kappa shape index (κ1) is 18.9. The minimum atomic E-state index is 0.402. The van der Waals surface area contributed by atoms with Gasteiger partial charge in [0, 0.05) is 32.3 Å². The van der Waals surface area contributed by atoms with E-state index in [9.17, 15) is 0 Å². The Morgan fingerprint density at radius 1 is 1.32 bits per heavy atom. The molecule has 7 nitrogen and oxygen atoms in total. The summed E-state index contributed by atoms with van der Waals surface area (Å²) in [6, 6.07) is 6.00. The summed E-state index contributed by atoms with van der Waals surface area (Å²) >= 11 is 0. The lowest BCUT2D eigenvalue weighted by molar-refractivity contribution is 0.421. The largest absolute Gasteiger partial charge is 0.356 e. The zero-order valence-corrected chi connectivity index (χ0v) is 15.3. The van der Waals surface area contributed by atoms with Crippen LogP contribution in [0.3, 0.4) is 0 Å². The highest BCUT2D eigenvalue weighted by Crippen LogP contribution is 2.13. The molecule has 0 radical (unpaired) electrons. The number of aromatic nitrogens is 3. The van der Waals surface area contributed by atoms with Crippen LogP contribution >= 0.6 is 0 Å². The van der Waals surface area contributed by atoms with E-state index in [-0.39, 0.29) is 0 Å². The molecule has 0 aromatic carbocycles. The van der Waals surface area contributed by atoms with E-state index < -0.39 is 0 Å². The highest BCUT2D eigenvalue weighted by atomic mass is 16.5. The molecule has 2 aromatic rings. The molecule has 0 aliphatic heterocycles. The first-order chi connectivity index (χ1) is 12.2. The number of guanidine groups is 1. The second kappa shape index (κ2) is 10.4. The minimum absolute atomic E-state index is 0.402. The summed E-state index contributed by atoms with van der Waals surface area (Å²) in [7, 11) is 1.78. The SMILES string of the molecule is CCCCCC(C)NC(=NC)NCCc1noc(-c2ccccn2)n1. The van der Waals surface area contributed by atoms with Crippen LogP contribution in [0.5, 0.6) is 0 Å². The molecule has 0 saturated heterocycles. The van der Waals surface area contributed by atoms with E-state index in [2.05, 4.69) is 44.6 Å². The maximum atomic E-state index is 5.26. The number of rotatable bonds is 9. The average Bonchev–Trinajstić information content (AvgIpc) is 3.11. The van der Waals surface area contributed by atoms with Gasteiger partial charge in [-0.3, -0.25) is 9.98 Å². The molecular formula is C18H28N6O. The number of nitrogens with one attached hydrogen (secondary N) is 2. The fourth-order valence-electron chi connectivity index (χ4n) is 2.44. The Bertz CT molecular complexity index is 640. The molecule has 2 N–H and O–H groups in total. The Hall–Kier alpha value is -2.44. The van der Waals surface area contributed by atoms with E-state index >= 15 is 0 Å². The summed E-state index contributed by atoms with van der Waals surface area (Å²) in [5.74, 6) is 1.90. The molecule has 0 aliphatic carbocycles. The van der Waals surface area contributed by atoms with Gasteiger partial charge in [0.25, 0.3) is 5.89 Å². The highest BCUT2D eigenvalue weighted by Gasteiger charge is 2.10. The van der Waals surface area contributed by atoms with Crippen molar-refractivity contribution < 1.29 is 4.52 Å². The molecular weight excluding hydrogens is 316 g/mol. The number of aliphatic imine (C=N–C) groups is 1. The summed E-state index contributed by atoms with van der Waals surface area (Å²) in [6.07, 6.45) is 7.26. The number of hydrogen-bond donors (Lipinski definition) is 2. The first-order valence-electron chi connectivity index (χ1n) is 8.94. The van der Waals surface area contributed by atoms with Crippen LogP contribution in [0.25, 0.3) is 11.6 Å². The van der Waals surface area contributed by atoms with Gasteiger partial charge in [0.05, 0.1) is 0 Å². The van der Waals surface area contributed by atoms with Crippen LogP contribution in [-0.4, -0.2) is 40.7 Å². The lowest BCUT2D eigenvalue weighted by atomic mass is 10.1. The van der Waals surface area contributed by atoms with Crippen molar-refractivity contribution in [1.82, 2.24) is 25.8 Å². The summed E-state index contributed by atoms with van der Waals surface area (Å²) < 4.78 is 5.26. The van der Waals surface area contributed by atoms with Crippen LogP contribution in [0.15, 0.2) is 33.9 Å². The topological polar surface area (TPSA) is 88.2 Å². The molecule has 0 fully saturated rings. The Kier molecular flexibility index (Phi) is 7.88. The molecule has 0 aliphatic rings. The van der Waals surface area contributed by atoms with Gasteiger partial charge < -0.3 is 15.2 Å². The van der Waals surface area contributed by atoms with Gasteiger partial charge in [-0.15, -0.1) is 0 Å². The smallest absolute Gasteiger partial charge is 0.276 e.